The van der Waals surface area contributed by atoms with E-state index in [-0.39, 0.29) is 17.3 Å². The van der Waals surface area contributed by atoms with Gasteiger partial charge in [-0.25, -0.2) is 4.90 Å². The summed E-state index contributed by atoms with van der Waals surface area (Å²) in [6, 6.07) is 19.6. The number of imide groups is 1. The van der Waals surface area contributed by atoms with Crippen LogP contribution in [0.1, 0.15) is 28.2 Å². The van der Waals surface area contributed by atoms with E-state index in [0.29, 0.717) is 4.47 Å². The van der Waals surface area contributed by atoms with E-state index >= 15 is 0 Å². The fourth-order valence-corrected chi connectivity index (χ4v) is 6.67. The number of carbonyl (C=O) groups is 2. The van der Waals surface area contributed by atoms with Gasteiger partial charge in [-0.3, -0.25) is 19.7 Å². The lowest BCUT2D eigenvalue weighted by atomic mass is 9.54. The van der Waals surface area contributed by atoms with Crippen molar-refractivity contribution in [1.82, 2.24) is 0 Å². The Morgan fingerprint density at radius 3 is 2.12 bits per heavy atom. The molecule has 0 radical (unpaired) electrons. The molecule has 0 unspecified atom stereocenters. The van der Waals surface area contributed by atoms with Crippen molar-refractivity contribution in [2.24, 2.45) is 11.8 Å². The van der Waals surface area contributed by atoms with Crippen LogP contribution in [-0.2, 0) is 14.5 Å². The van der Waals surface area contributed by atoms with Crippen LogP contribution in [0, 0.1) is 22.0 Å². The molecule has 2 atom stereocenters. The Labute approximate surface area is 196 Å². The first-order valence-electron chi connectivity index (χ1n) is 10.0. The molecule has 7 rings (SSSR count). The normalized spacial score (nSPS) is 27.2. The van der Waals surface area contributed by atoms with Gasteiger partial charge >= 0.3 is 0 Å². The maximum Gasteiger partial charge on any atom is 0.294 e. The molecule has 3 aliphatic carbocycles. The third-order valence-electron chi connectivity index (χ3n) is 6.89. The van der Waals surface area contributed by atoms with Crippen LogP contribution in [0.2, 0.25) is 0 Å². The average Bonchev–Trinajstić information content (AvgIpc) is 3.06. The van der Waals surface area contributed by atoms with Gasteiger partial charge in [0.25, 0.3) is 5.69 Å². The Morgan fingerprint density at radius 2 is 1.53 bits per heavy atom. The van der Waals surface area contributed by atoms with E-state index in [2.05, 4.69) is 15.9 Å². The van der Waals surface area contributed by atoms with Crippen molar-refractivity contribution < 1.29 is 14.5 Å². The highest BCUT2D eigenvalue weighted by Gasteiger charge is 2.68. The first-order chi connectivity index (χ1) is 15.4. The van der Waals surface area contributed by atoms with Crippen molar-refractivity contribution in [3.05, 3.63) is 104 Å². The second-order valence-electron chi connectivity index (χ2n) is 8.27. The number of anilines is 1. The van der Waals surface area contributed by atoms with Crippen LogP contribution in [0.15, 0.2) is 71.2 Å². The molecule has 0 spiro atoms. The second-order valence-corrected chi connectivity index (χ2v) is 9.78. The zero-order valence-electron chi connectivity index (χ0n) is 16.4. The largest absolute Gasteiger partial charge is 0.294 e. The van der Waals surface area contributed by atoms with E-state index in [1.54, 1.807) is 6.07 Å². The minimum Gasteiger partial charge on any atom is -0.274 e. The number of rotatable bonds is 2. The van der Waals surface area contributed by atoms with Crippen LogP contribution >= 0.6 is 27.5 Å². The highest BCUT2D eigenvalue weighted by atomic mass is 79.9. The van der Waals surface area contributed by atoms with E-state index in [1.807, 2.05) is 48.5 Å². The minimum atomic E-state index is -1.22. The molecule has 3 aromatic carbocycles. The first-order valence-corrected chi connectivity index (χ1v) is 11.2. The number of hydrogen-bond donors (Lipinski definition) is 0. The fourth-order valence-electron chi connectivity index (χ4n) is 5.75. The molecule has 32 heavy (non-hydrogen) atoms. The van der Waals surface area contributed by atoms with E-state index < -0.39 is 33.4 Å². The summed E-state index contributed by atoms with van der Waals surface area (Å²) < 4.78 is 0.484. The van der Waals surface area contributed by atoms with Gasteiger partial charge in [-0.05, 0) is 34.4 Å². The minimum absolute atomic E-state index is 0.0321. The summed E-state index contributed by atoms with van der Waals surface area (Å²) in [6.45, 7) is 0. The summed E-state index contributed by atoms with van der Waals surface area (Å²) in [4.78, 5) is 38.5. The quantitative estimate of drug-likeness (QED) is 0.208. The lowest BCUT2D eigenvalue weighted by Gasteiger charge is -2.50. The number of benzene rings is 3. The molecule has 8 heteroatoms. The van der Waals surface area contributed by atoms with Crippen molar-refractivity contribution in [2.45, 2.75) is 10.8 Å². The van der Waals surface area contributed by atoms with Gasteiger partial charge in [-0.15, -0.1) is 11.6 Å². The summed E-state index contributed by atoms with van der Waals surface area (Å²) in [5, 5.41) is 11.7. The Bertz CT molecular complexity index is 1330. The molecule has 0 N–H and O–H groups in total. The van der Waals surface area contributed by atoms with Gasteiger partial charge in [0.2, 0.25) is 11.8 Å². The molecule has 1 fully saturated rings. The Morgan fingerprint density at radius 1 is 0.938 bits per heavy atom. The summed E-state index contributed by atoms with van der Waals surface area (Å²) in [6.07, 6.45) is 0. The van der Waals surface area contributed by atoms with E-state index in [9.17, 15) is 19.7 Å². The molecular formula is C24H14BrClN2O4. The topological polar surface area (TPSA) is 80.5 Å². The number of carbonyl (C=O) groups excluding carboxylic acids is 2. The number of halogens is 2. The lowest BCUT2D eigenvalue weighted by molar-refractivity contribution is -0.384. The molecule has 2 amide bonds. The van der Waals surface area contributed by atoms with Crippen molar-refractivity contribution in [3.8, 4) is 0 Å². The number of alkyl halides is 1. The Hall–Kier alpha value is -3.03. The number of nitro benzene ring substituents is 1. The van der Waals surface area contributed by atoms with E-state index in [1.165, 1.54) is 12.1 Å². The summed E-state index contributed by atoms with van der Waals surface area (Å²) in [5.41, 5.74) is 3.15. The van der Waals surface area contributed by atoms with Gasteiger partial charge in [0.15, 0.2) is 0 Å². The van der Waals surface area contributed by atoms with Crippen molar-refractivity contribution in [1.29, 1.82) is 0 Å². The standard InChI is InChI=1S/C24H14BrClN2O4/c25-12-9-10-17(18(11-12)28(31)32)27-22(29)20-19-13-5-1-3-7-15(13)24(26,21(20)23(27)30)16-8-4-2-6-14(16)19/h1-11,19-21H/t19?,20-,21+,24?/m0/s1. The first kappa shape index (κ1) is 19.6. The number of nitro groups is 1. The van der Waals surface area contributed by atoms with Gasteiger partial charge < -0.3 is 0 Å². The van der Waals surface area contributed by atoms with Gasteiger partial charge in [-0.1, -0.05) is 64.5 Å². The summed E-state index contributed by atoms with van der Waals surface area (Å²) in [5.74, 6) is -2.88. The zero-order valence-corrected chi connectivity index (χ0v) is 18.7. The van der Waals surface area contributed by atoms with Crippen LogP contribution in [0.25, 0.3) is 0 Å². The Kier molecular flexibility index (Phi) is 3.99. The Balaban J connectivity index is 1.61. The summed E-state index contributed by atoms with van der Waals surface area (Å²) >= 11 is 10.6. The number of amides is 2. The van der Waals surface area contributed by atoms with E-state index in [4.69, 9.17) is 11.6 Å². The van der Waals surface area contributed by atoms with Crippen LogP contribution in [0.5, 0.6) is 0 Å². The van der Waals surface area contributed by atoms with Gasteiger partial charge in [0.1, 0.15) is 10.6 Å². The SMILES string of the molecule is O=C1[C@H]2C3c4ccccc4C(Cl)(c4ccccc43)[C@H]2C(=O)N1c1ccc(Br)cc1[N+](=O)[O-]. The fraction of sp³-hybridized carbons (Fsp3) is 0.167. The molecule has 3 aromatic rings. The molecule has 158 valence electrons. The molecule has 2 bridgehead atoms. The lowest BCUT2D eigenvalue weighted by Crippen LogP contribution is -2.50. The van der Waals surface area contributed by atoms with Crippen molar-refractivity contribution >= 4 is 50.7 Å². The van der Waals surface area contributed by atoms with Crippen molar-refractivity contribution in [3.63, 3.8) is 0 Å². The number of nitrogens with zero attached hydrogens (tertiary/aromatic N) is 2. The third kappa shape index (κ3) is 2.25. The van der Waals surface area contributed by atoms with Crippen LogP contribution in [0.3, 0.4) is 0 Å². The van der Waals surface area contributed by atoms with Gasteiger partial charge in [0.05, 0.1) is 16.8 Å². The highest BCUT2D eigenvalue weighted by Crippen LogP contribution is 2.66. The third-order valence-corrected chi connectivity index (χ3v) is 8.03. The predicted octanol–water partition coefficient (Wildman–Crippen LogP) is 5.10. The predicted molar refractivity (Wildman–Crippen MR) is 122 cm³/mol. The van der Waals surface area contributed by atoms with Gasteiger partial charge in [-0.2, -0.15) is 0 Å². The van der Waals surface area contributed by atoms with Crippen LogP contribution in [-0.4, -0.2) is 16.7 Å². The highest BCUT2D eigenvalue weighted by molar-refractivity contribution is 9.10. The second kappa shape index (κ2) is 6.49. The van der Waals surface area contributed by atoms with Crippen LogP contribution in [0.4, 0.5) is 11.4 Å². The molecule has 0 saturated carbocycles. The van der Waals surface area contributed by atoms with Crippen molar-refractivity contribution in [2.75, 3.05) is 4.90 Å². The summed E-state index contributed by atoms with van der Waals surface area (Å²) in [7, 11) is 0. The molecular weight excluding hydrogens is 496 g/mol. The van der Waals surface area contributed by atoms with Gasteiger partial charge in [0, 0.05) is 16.5 Å². The molecule has 1 aliphatic heterocycles. The molecule has 0 aromatic heterocycles. The average molecular weight is 510 g/mol. The monoisotopic (exact) mass is 508 g/mol. The number of hydrogen-bond acceptors (Lipinski definition) is 4. The maximum atomic E-state index is 13.8. The maximum absolute atomic E-state index is 13.8. The smallest absolute Gasteiger partial charge is 0.274 e. The molecule has 1 heterocycles. The zero-order chi connectivity index (χ0) is 22.4. The van der Waals surface area contributed by atoms with E-state index in [0.717, 1.165) is 27.2 Å². The molecule has 1 saturated heterocycles. The van der Waals surface area contributed by atoms with Crippen LogP contribution < -0.4 is 4.90 Å². The molecule has 4 aliphatic rings. The molecule has 6 nitrogen and oxygen atoms in total.